The van der Waals surface area contributed by atoms with Crippen LogP contribution in [-0.2, 0) is 4.79 Å². The van der Waals surface area contributed by atoms with E-state index in [0.717, 1.165) is 10.2 Å². The number of nitrogens with one attached hydrogen (secondary N) is 1. The van der Waals surface area contributed by atoms with Crippen LogP contribution >= 0.6 is 11.3 Å². The highest BCUT2D eigenvalue weighted by atomic mass is 32.1. The lowest BCUT2D eigenvalue weighted by atomic mass is 10.2. The number of nitrogens with zero attached hydrogens (tertiary/aromatic N) is 1. The number of thiazole rings is 1. The molecule has 1 N–H and O–H groups in total. The van der Waals surface area contributed by atoms with Crippen molar-refractivity contribution in [1.82, 2.24) is 4.98 Å². The van der Waals surface area contributed by atoms with E-state index in [-0.39, 0.29) is 5.91 Å². The molecule has 1 aromatic heterocycles. The van der Waals surface area contributed by atoms with Crippen LogP contribution in [0.25, 0.3) is 10.2 Å². The molecule has 0 fully saturated rings. The molecule has 0 spiro atoms. The summed E-state index contributed by atoms with van der Waals surface area (Å²) in [4.78, 5) is 16.9. The molecule has 5 heteroatoms. The summed E-state index contributed by atoms with van der Waals surface area (Å²) in [5.41, 5.74) is 2.07. The Kier molecular flexibility index (Phi) is 4.57. The van der Waals surface area contributed by atoms with Crippen LogP contribution in [0.15, 0.2) is 48.5 Å². The van der Waals surface area contributed by atoms with E-state index in [0.29, 0.717) is 17.3 Å². The number of aromatic nitrogens is 1. The van der Waals surface area contributed by atoms with Crippen molar-refractivity contribution in [3.63, 3.8) is 0 Å². The molecule has 1 heterocycles. The number of amides is 1. The molecular weight excluding hydrogens is 308 g/mol. The van der Waals surface area contributed by atoms with E-state index >= 15 is 0 Å². The van der Waals surface area contributed by atoms with Gasteiger partial charge >= 0.3 is 0 Å². The monoisotopic (exact) mass is 326 g/mol. The molecule has 0 aliphatic carbocycles. The summed E-state index contributed by atoms with van der Waals surface area (Å²) in [6, 6.07) is 15.4. The smallest absolute Gasteiger partial charge is 0.267 e. The topological polar surface area (TPSA) is 51.2 Å². The summed E-state index contributed by atoms with van der Waals surface area (Å²) >= 11 is 1.48. The van der Waals surface area contributed by atoms with Gasteiger partial charge in [0, 0.05) is 0 Å². The molecule has 23 heavy (non-hydrogen) atoms. The third-order valence-electron chi connectivity index (χ3n) is 3.46. The van der Waals surface area contributed by atoms with Gasteiger partial charge in [0.15, 0.2) is 11.2 Å². The van der Waals surface area contributed by atoms with Gasteiger partial charge in [-0.3, -0.25) is 10.1 Å². The van der Waals surface area contributed by atoms with Gasteiger partial charge in [-0.05, 0) is 43.2 Å². The van der Waals surface area contributed by atoms with E-state index in [4.69, 9.17) is 4.74 Å². The van der Waals surface area contributed by atoms with Crippen molar-refractivity contribution in [1.29, 1.82) is 0 Å². The Hall–Kier alpha value is -2.40. The Morgan fingerprint density at radius 3 is 2.78 bits per heavy atom. The van der Waals surface area contributed by atoms with Gasteiger partial charge in [0.25, 0.3) is 5.91 Å². The van der Waals surface area contributed by atoms with Crippen LogP contribution in [0.5, 0.6) is 5.75 Å². The summed E-state index contributed by atoms with van der Waals surface area (Å²) in [7, 11) is 0. The number of fused-ring (bicyclic) bond motifs is 1. The molecule has 1 amide bonds. The van der Waals surface area contributed by atoms with Gasteiger partial charge in [0.2, 0.25) is 0 Å². The number of para-hydroxylation sites is 1. The van der Waals surface area contributed by atoms with Crippen molar-refractivity contribution < 1.29 is 9.53 Å². The number of anilines is 1. The molecule has 0 saturated heterocycles. The van der Waals surface area contributed by atoms with E-state index in [1.807, 2.05) is 56.3 Å². The SMILES string of the molecule is CCC(Oc1ccccc1)C(=O)Nc1nc2ccc(C)cc2s1. The molecule has 4 nitrogen and oxygen atoms in total. The van der Waals surface area contributed by atoms with Crippen LogP contribution < -0.4 is 10.1 Å². The lowest BCUT2D eigenvalue weighted by Crippen LogP contribution is -2.32. The van der Waals surface area contributed by atoms with E-state index < -0.39 is 6.10 Å². The third-order valence-corrected chi connectivity index (χ3v) is 4.39. The molecule has 1 unspecified atom stereocenters. The van der Waals surface area contributed by atoms with Crippen molar-refractivity contribution >= 4 is 32.6 Å². The Morgan fingerprint density at radius 1 is 1.26 bits per heavy atom. The van der Waals surface area contributed by atoms with E-state index in [1.165, 1.54) is 16.9 Å². The Bertz CT molecular complexity index is 814. The molecule has 1 atom stereocenters. The minimum atomic E-state index is -0.536. The fourth-order valence-corrected chi connectivity index (χ4v) is 3.22. The highest BCUT2D eigenvalue weighted by molar-refractivity contribution is 7.22. The predicted octanol–water partition coefficient (Wildman–Crippen LogP) is 4.40. The zero-order chi connectivity index (χ0) is 16.2. The van der Waals surface area contributed by atoms with Crippen molar-refractivity contribution in [3.05, 3.63) is 54.1 Å². The Morgan fingerprint density at radius 2 is 2.04 bits per heavy atom. The van der Waals surface area contributed by atoms with Crippen LogP contribution in [0.4, 0.5) is 5.13 Å². The molecular formula is C18H18N2O2S. The van der Waals surface area contributed by atoms with Gasteiger partial charge in [-0.25, -0.2) is 4.98 Å². The van der Waals surface area contributed by atoms with Crippen molar-refractivity contribution in [2.75, 3.05) is 5.32 Å². The van der Waals surface area contributed by atoms with Gasteiger partial charge in [-0.15, -0.1) is 0 Å². The maximum absolute atomic E-state index is 12.4. The number of ether oxygens (including phenoxy) is 1. The van der Waals surface area contributed by atoms with Crippen LogP contribution in [0.1, 0.15) is 18.9 Å². The number of carbonyl (C=O) groups is 1. The largest absolute Gasteiger partial charge is 0.481 e. The highest BCUT2D eigenvalue weighted by Gasteiger charge is 2.19. The number of benzene rings is 2. The van der Waals surface area contributed by atoms with Crippen molar-refractivity contribution in [2.24, 2.45) is 0 Å². The molecule has 3 aromatic rings. The van der Waals surface area contributed by atoms with Crippen LogP contribution in [0.2, 0.25) is 0 Å². The fraction of sp³-hybridized carbons (Fsp3) is 0.222. The molecule has 2 aromatic carbocycles. The lowest BCUT2D eigenvalue weighted by molar-refractivity contribution is -0.122. The first-order chi connectivity index (χ1) is 11.2. The van der Waals surface area contributed by atoms with Gasteiger partial charge in [0.05, 0.1) is 10.2 Å². The van der Waals surface area contributed by atoms with Crippen LogP contribution in [0.3, 0.4) is 0 Å². The second-order valence-electron chi connectivity index (χ2n) is 5.31. The molecule has 118 valence electrons. The minimum Gasteiger partial charge on any atom is -0.481 e. The zero-order valence-corrected chi connectivity index (χ0v) is 13.9. The average molecular weight is 326 g/mol. The normalized spacial score (nSPS) is 12.1. The summed E-state index contributed by atoms with van der Waals surface area (Å²) in [5.74, 6) is 0.515. The molecule has 0 radical (unpaired) electrons. The number of hydrogen-bond acceptors (Lipinski definition) is 4. The molecule has 0 bridgehead atoms. The van der Waals surface area contributed by atoms with Crippen molar-refractivity contribution in [3.8, 4) is 5.75 Å². The Labute approximate surface area is 139 Å². The predicted molar refractivity (Wildman–Crippen MR) is 94.1 cm³/mol. The summed E-state index contributed by atoms with van der Waals surface area (Å²) in [5, 5.41) is 3.47. The van der Waals surface area contributed by atoms with E-state index in [1.54, 1.807) is 0 Å². The number of hydrogen-bond donors (Lipinski definition) is 1. The minimum absolute atomic E-state index is 0.174. The summed E-state index contributed by atoms with van der Waals surface area (Å²) in [6.45, 7) is 3.97. The van der Waals surface area contributed by atoms with Gasteiger partial charge < -0.3 is 4.74 Å². The number of rotatable bonds is 5. The van der Waals surface area contributed by atoms with E-state index in [9.17, 15) is 4.79 Å². The number of aryl methyl sites for hydroxylation is 1. The average Bonchev–Trinajstić information content (AvgIpc) is 2.94. The molecule has 0 saturated carbocycles. The van der Waals surface area contributed by atoms with Crippen LogP contribution in [-0.4, -0.2) is 17.0 Å². The highest BCUT2D eigenvalue weighted by Crippen LogP contribution is 2.27. The zero-order valence-electron chi connectivity index (χ0n) is 13.1. The first kappa shape index (κ1) is 15.5. The first-order valence-corrected chi connectivity index (χ1v) is 8.37. The lowest BCUT2D eigenvalue weighted by Gasteiger charge is -2.16. The van der Waals surface area contributed by atoms with Crippen molar-refractivity contribution in [2.45, 2.75) is 26.4 Å². The van der Waals surface area contributed by atoms with E-state index in [2.05, 4.69) is 16.4 Å². The maximum Gasteiger partial charge on any atom is 0.267 e. The second kappa shape index (κ2) is 6.79. The number of carbonyl (C=O) groups excluding carboxylic acids is 1. The fourth-order valence-electron chi connectivity index (χ4n) is 2.26. The molecule has 0 aliphatic rings. The molecule has 3 rings (SSSR count). The van der Waals surface area contributed by atoms with Gasteiger partial charge in [-0.2, -0.15) is 0 Å². The van der Waals surface area contributed by atoms with Crippen LogP contribution in [0, 0.1) is 6.92 Å². The Balaban J connectivity index is 1.73. The first-order valence-electron chi connectivity index (χ1n) is 7.55. The third kappa shape index (κ3) is 3.68. The van der Waals surface area contributed by atoms with Gasteiger partial charge in [-0.1, -0.05) is 42.5 Å². The summed E-state index contributed by atoms with van der Waals surface area (Å²) < 4.78 is 6.82. The summed E-state index contributed by atoms with van der Waals surface area (Å²) in [6.07, 6.45) is 0.0521. The second-order valence-corrected chi connectivity index (χ2v) is 6.34. The standard InChI is InChI=1S/C18H18N2O2S/c1-3-15(22-13-7-5-4-6-8-13)17(21)20-18-19-14-10-9-12(2)11-16(14)23-18/h4-11,15H,3H2,1-2H3,(H,19,20,21). The molecule has 0 aliphatic heterocycles. The quantitative estimate of drug-likeness (QED) is 0.756. The maximum atomic E-state index is 12.4. The van der Waals surface area contributed by atoms with Gasteiger partial charge in [0.1, 0.15) is 5.75 Å².